The molecule has 0 radical (unpaired) electrons. The summed E-state index contributed by atoms with van der Waals surface area (Å²) in [5, 5.41) is 23.2. The van der Waals surface area contributed by atoms with Gasteiger partial charge in [-0.1, -0.05) is 41.9 Å². The number of rotatable bonds is 9. The molecule has 5 rings (SSSR count). The quantitative estimate of drug-likeness (QED) is 0.233. The van der Waals surface area contributed by atoms with Crippen LogP contribution in [0, 0.1) is 0 Å². The van der Waals surface area contributed by atoms with Gasteiger partial charge in [0.1, 0.15) is 12.4 Å². The maximum absolute atomic E-state index is 13.3. The Bertz CT molecular complexity index is 1700. The van der Waals surface area contributed by atoms with Crippen molar-refractivity contribution in [3.63, 3.8) is 0 Å². The maximum Gasteiger partial charge on any atom is 0.434 e. The van der Waals surface area contributed by atoms with Crippen molar-refractivity contribution in [1.82, 2.24) is 35.7 Å². The predicted molar refractivity (Wildman–Crippen MR) is 146 cm³/mol. The van der Waals surface area contributed by atoms with Crippen LogP contribution in [0.3, 0.4) is 0 Å². The minimum absolute atomic E-state index is 0.131. The third kappa shape index (κ3) is 6.55. The second-order valence-corrected chi connectivity index (χ2v) is 8.96. The van der Waals surface area contributed by atoms with Crippen LogP contribution in [0.15, 0.2) is 94.4 Å². The Labute approximate surface area is 231 Å². The molecule has 12 nitrogen and oxygen atoms in total. The smallest absolute Gasteiger partial charge is 0.388 e. The largest absolute Gasteiger partial charge is 0.434 e. The molecule has 1 atom stereocenters. The zero-order chi connectivity index (χ0) is 27.9. The van der Waals surface area contributed by atoms with E-state index in [4.69, 9.17) is 16.0 Å². The molecule has 0 fully saturated rings. The molecule has 40 heavy (non-hydrogen) atoms. The molecule has 3 aromatic carbocycles. The first-order chi connectivity index (χ1) is 19.4. The Morgan fingerprint density at radius 2 is 1.88 bits per heavy atom. The van der Waals surface area contributed by atoms with Crippen LogP contribution >= 0.6 is 11.6 Å². The van der Waals surface area contributed by atoms with E-state index in [-0.39, 0.29) is 12.3 Å². The number of aromatic nitrogens is 6. The molecule has 5 aromatic rings. The first-order valence-corrected chi connectivity index (χ1v) is 12.3. The third-order valence-electron chi connectivity index (χ3n) is 5.75. The lowest BCUT2D eigenvalue weighted by atomic mass is 10.0. The lowest BCUT2D eigenvalue weighted by Crippen LogP contribution is -2.44. The molecule has 2 amide bonds. The number of hydrogen-bond donors (Lipinski definition) is 3. The Balaban J connectivity index is 1.32. The zero-order valence-electron chi connectivity index (χ0n) is 20.7. The fraction of sp³-hybridized carbons (Fsp3) is 0.0741. The molecule has 13 heteroatoms. The molecule has 0 saturated heterocycles. The fourth-order valence-corrected chi connectivity index (χ4v) is 4.04. The first-order valence-electron chi connectivity index (χ1n) is 12.0. The van der Waals surface area contributed by atoms with Gasteiger partial charge < -0.3 is 15.1 Å². The number of anilines is 1. The number of carbonyl (C=O) groups is 2. The van der Waals surface area contributed by atoms with Gasteiger partial charge in [-0.2, -0.15) is 4.68 Å². The van der Waals surface area contributed by atoms with E-state index >= 15 is 0 Å². The van der Waals surface area contributed by atoms with Gasteiger partial charge in [-0.15, -0.1) is 10.2 Å². The van der Waals surface area contributed by atoms with Crippen LogP contribution in [0.5, 0.6) is 0 Å². The van der Waals surface area contributed by atoms with Crippen molar-refractivity contribution >= 4 is 35.2 Å². The number of nitrogens with one attached hydrogen (secondary N) is 3. The van der Waals surface area contributed by atoms with E-state index in [0.29, 0.717) is 27.5 Å². The molecule has 2 aromatic heterocycles. The van der Waals surface area contributed by atoms with Crippen LogP contribution in [0.1, 0.15) is 11.1 Å². The molecule has 0 spiro atoms. The van der Waals surface area contributed by atoms with Crippen molar-refractivity contribution in [3.8, 4) is 17.1 Å². The van der Waals surface area contributed by atoms with E-state index in [1.165, 1.54) is 17.1 Å². The van der Waals surface area contributed by atoms with Crippen LogP contribution in [0.2, 0.25) is 5.02 Å². The minimum Gasteiger partial charge on any atom is -0.388 e. The van der Waals surface area contributed by atoms with Crippen molar-refractivity contribution in [3.05, 3.63) is 112 Å². The number of tetrazole rings is 1. The number of benzene rings is 3. The Morgan fingerprint density at radius 1 is 1.07 bits per heavy atom. The number of H-pyrrole nitrogens is 1. The van der Waals surface area contributed by atoms with Gasteiger partial charge in [0.05, 0.1) is 5.69 Å². The van der Waals surface area contributed by atoms with Gasteiger partial charge in [-0.25, -0.2) is 9.89 Å². The van der Waals surface area contributed by atoms with Crippen LogP contribution in [0.25, 0.3) is 23.2 Å². The number of amides is 2. The van der Waals surface area contributed by atoms with E-state index < -0.39 is 23.6 Å². The Hall–Kier alpha value is -5.36. The predicted octanol–water partition coefficient (Wildman–Crippen LogP) is 3.04. The first kappa shape index (κ1) is 26.3. The Kier molecular flexibility index (Phi) is 7.88. The van der Waals surface area contributed by atoms with Crippen molar-refractivity contribution in [1.29, 1.82) is 0 Å². The average Bonchev–Trinajstić information content (AvgIpc) is 3.65. The van der Waals surface area contributed by atoms with Gasteiger partial charge in [0.25, 0.3) is 0 Å². The fourth-order valence-electron chi connectivity index (χ4n) is 3.86. The lowest BCUT2D eigenvalue weighted by Gasteiger charge is -2.18. The molecule has 0 aliphatic rings. The molecular formula is C27H21ClN8O4. The summed E-state index contributed by atoms with van der Waals surface area (Å²) in [4.78, 5) is 37.4. The van der Waals surface area contributed by atoms with Crippen LogP contribution in [0.4, 0.5) is 5.69 Å². The van der Waals surface area contributed by atoms with Crippen molar-refractivity contribution in [2.75, 3.05) is 5.32 Å². The summed E-state index contributed by atoms with van der Waals surface area (Å²) < 4.78 is 6.40. The van der Waals surface area contributed by atoms with E-state index in [9.17, 15) is 14.4 Å². The summed E-state index contributed by atoms with van der Waals surface area (Å²) in [6.45, 7) is 0. The average molecular weight is 557 g/mol. The lowest BCUT2D eigenvalue weighted by molar-refractivity contribution is -0.123. The second kappa shape index (κ2) is 12.0. The van der Waals surface area contributed by atoms with Crippen LogP contribution in [-0.4, -0.2) is 48.3 Å². The number of hydrogen-bond acceptors (Lipinski definition) is 8. The molecule has 3 N–H and O–H groups in total. The highest BCUT2D eigenvalue weighted by Crippen LogP contribution is 2.21. The van der Waals surface area contributed by atoms with E-state index in [1.54, 1.807) is 48.5 Å². The van der Waals surface area contributed by atoms with E-state index in [2.05, 4.69) is 36.4 Å². The highest BCUT2D eigenvalue weighted by molar-refractivity contribution is 6.30. The van der Waals surface area contributed by atoms with Crippen LogP contribution in [-0.2, 0) is 16.0 Å². The van der Waals surface area contributed by atoms with Gasteiger partial charge >= 0.3 is 5.76 Å². The number of halogens is 1. The SMILES string of the molecule is O=C(/C=C/c1cc(Cl)ccc1-n1cnnn1)NC(Cc1ccccc1)C(=O)Nc1ccc(-c2n[nH]c(=O)o2)cc1. The second-order valence-electron chi connectivity index (χ2n) is 8.53. The highest BCUT2D eigenvalue weighted by atomic mass is 35.5. The molecular weight excluding hydrogens is 536 g/mol. The van der Waals surface area contributed by atoms with Gasteiger partial charge in [0, 0.05) is 34.3 Å². The topological polar surface area (TPSA) is 161 Å². The number of aromatic amines is 1. The van der Waals surface area contributed by atoms with E-state index in [0.717, 1.165) is 5.56 Å². The molecule has 0 aliphatic heterocycles. The number of nitrogens with zero attached hydrogens (tertiary/aromatic N) is 5. The zero-order valence-corrected chi connectivity index (χ0v) is 21.4. The van der Waals surface area contributed by atoms with Crippen LogP contribution < -0.4 is 16.4 Å². The summed E-state index contributed by atoms with van der Waals surface area (Å²) in [5.74, 6) is -1.43. The van der Waals surface area contributed by atoms with Gasteiger partial charge in [0.15, 0.2) is 0 Å². The minimum atomic E-state index is -0.887. The van der Waals surface area contributed by atoms with E-state index in [1.807, 2.05) is 30.3 Å². The summed E-state index contributed by atoms with van der Waals surface area (Å²) >= 11 is 6.16. The summed E-state index contributed by atoms with van der Waals surface area (Å²) in [6.07, 6.45) is 4.58. The monoisotopic (exact) mass is 556 g/mol. The van der Waals surface area contributed by atoms with Crippen molar-refractivity contribution < 1.29 is 14.0 Å². The molecule has 2 heterocycles. The summed E-state index contributed by atoms with van der Waals surface area (Å²) in [5.41, 5.74) is 3.13. The molecule has 0 aliphatic carbocycles. The summed E-state index contributed by atoms with van der Waals surface area (Å²) in [6, 6.07) is 20.1. The van der Waals surface area contributed by atoms with Gasteiger partial charge in [0.2, 0.25) is 17.7 Å². The molecule has 1 unspecified atom stereocenters. The normalized spacial score (nSPS) is 11.8. The van der Waals surface area contributed by atoms with Gasteiger partial charge in [-0.3, -0.25) is 9.59 Å². The molecule has 0 bridgehead atoms. The van der Waals surface area contributed by atoms with Crippen molar-refractivity contribution in [2.45, 2.75) is 12.5 Å². The highest BCUT2D eigenvalue weighted by Gasteiger charge is 2.21. The maximum atomic E-state index is 13.3. The third-order valence-corrected chi connectivity index (χ3v) is 5.99. The molecule has 200 valence electrons. The summed E-state index contributed by atoms with van der Waals surface area (Å²) in [7, 11) is 0. The standard InChI is InChI=1S/C27H21ClN8O4/c28-20-9-12-23(36-16-29-34-35-36)19(15-20)8-13-24(37)31-22(14-17-4-2-1-3-5-17)25(38)30-21-10-6-18(7-11-21)26-32-33-27(39)40-26/h1-13,15-16,22H,14H2,(H,30,38)(H,31,37)(H,33,39)/b13-8+. The number of carbonyl (C=O) groups excluding carboxylic acids is 2. The molecule has 0 saturated carbocycles. The Morgan fingerprint density at radius 3 is 2.58 bits per heavy atom. The van der Waals surface area contributed by atoms with Gasteiger partial charge in [-0.05, 0) is 64.5 Å². The van der Waals surface area contributed by atoms with Crippen molar-refractivity contribution in [2.24, 2.45) is 0 Å².